The number of nitro groups is 1. The van der Waals surface area contributed by atoms with Gasteiger partial charge in [0.25, 0.3) is 0 Å². The van der Waals surface area contributed by atoms with Crippen molar-refractivity contribution in [3.8, 4) is 0 Å². The summed E-state index contributed by atoms with van der Waals surface area (Å²) in [5.74, 6) is 0. The van der Waals surface area contributed by atoms with Crippen molar-refractivity contribution in [2.45, 2.75) is 11.3 Å². The van der Waals surface area contributed by atoms with E-state index in [1.165, 1.54) is 11.8 Å². The summed E-state index contributed by atoms with van der Waals surface area (Å²) in [5.41, 5.74) is 14.2. The van der Waals surface area contributed by atoms with Crippen LogP contribution in [0.3, 0.4) is 0 Å². The van der Waals surface area contributed by atoms with E-state index in [-0.39, 0.29) is 43.3 Å². The van der Waals surface area contributed by atoms with Gasteiger partial charge in [0.05, 0.1) is 4.92 Å². The zero-order chi connectivity index (χ0) is 17.4. The van der Waals surface area contributed by atoms with Crippen molar-refractivity contribution in [2.24, 2.45) is 0 Å². The SMILES string of the molecule is Nc1ccccc1SC1=C([N+](=O)[O-])C[CH-]C=C1.[NH-]c1ccccc1.[Y]. The minimum Gasteiger partial charge on any atom is -0.699 e. The van der Waals surface area contributed by atoms with Crippen molar-refractivity contribution in [1.29, 1.82) is 0 Å². The van der Waals surface area contributed by atoms with E-state index in [9.17, 15) is 10.1 Å². The van der Waals surface area contributed by atoms with Gasteiger partial charge < -0.3 is 11.5 Å². The third kappa shape index (κ3) is 6.94. The monoisotopic (exact) mass is 428 g/mol. The third-order valence-corrected chi connectivity index (χ3v) is 4.30. The molecule has 0 atom stereocenters. The number of para-hydroxylation sites is 1. The molecule has 0 spiro atoms. The number of nitrogens with two attached hydrogens (primary N) is 1. The van der Waals surface area contributed by atoms with E-state index in [4.69, 9.17) is 11.5 Å². The summed E-state index contributed by atoms with van der Waals surface area (Å²) >= 11 is 1.33. The molecule has 3 rings (SSSR count). The number of anilines is 1. The van der Waals surface area contributed by atoms with Crippen molar-refractivity contribution in [3.05, 3.63) is 99.6 Å². The van der Waals surface area contributed by atoms with Crippen molar-refractivity contribution in [3.63, 3.8) is 0 Å². The Labute approximate surface area is 176 Å². The topological polar surface area (TPSA) is 93.0 Å². The molecule has 1 aliphatic carbocycles. The molecule has 3 N–H and O–H groups in total. The molecule has 5 nitrogen and oxygen atoms in total. The van der Waals surface area contributed by atoms with Crippen molar-refractivity contribution in [1.82, 2.24) is 0 Å². The van der Waals surface area contributed by atoms with Crippen molar-refractivity contribution in [2.75, 3.05) is 5.73 Å². The Bertz CT molecular complexity index is 764. The largest absolute Gasteiger partial charge is 0.699 e. The number of thioether (sulfide) groups is 1. The molecule has 7 heteroatoms. The number of nitrogens with one attached hydrogen (secondary N) is 1. The van der Waals surface area contributed by atoms with Crippen LogP contribution in [0, 0.1) is 16.5 Å². The standard InChI is InChI=1S/C12H11N2O2S.C6H6N.Y/c13-9-5-1-3-7-11(9)17-12-8-4-2-6-10(12)14(15)16;7-6-4-2-1-3-5-6;/h1-5,7-8H,6,13H2;1-5,7H;/q2*-1;. The number of hydrogen-bond donors (Lipinski definition) is 1. The van der Waals surface area contributed by atoms with Crippen LogP contribution in [0.15, 0.2) is 82.2 Å². The minimum atomic E-state index is -0.332. The predicted octanol–water partition coefficient (Wildman–Crippen LogP) is 5.38. The van der Waals surface area contributed by atoms with Gasteiger partial charge in [0.1, 0.15) is 0 Å². The smallest absolute Gasteiger partial charge is 0.229 e. The first kappa shape index (κ1) is 21.3. The molecule has 1 aliphatic rings. The summed E-state index contributed by atoms with van der Waals surface area (Å²) < 4.78 is 0. The van der Waals surface area contributed by atoms with Crippen LogP contribution in [0.4, 0.5) is 11.4 Å². The molecule has 25 heavy (non-hydrogen) atoms. The van der Waals surface area contributed by atoms with E-state index in [1.54, 1.807) is 30.7 Å². The van der Waals surface area contributed by atoms with E-state index < -0.39 is 0 Å². The van der Waals surface area contributed by atoms with E-state index in [0.29, 0.717) is 22.7 Å². The molecule has 0 heterocycles. The van der Waals surface area contributed by atoms with Crippen LogP contribution in [0.5, 0.6) is 0 Å². The Hall–Kier alpha value is -1.76. The maximum absolute atomic E-state index is 10.9. The normalized spacial score (nSPS) is 12.3. The van der Waals surface area contributed by atoms with Crippen LogP contribution < -0.4 is 5.73 Å². The zero-order valence-corrected chi connectivity index (χ0v) is 17.1. The second kappa shape index (κ2) is 11.0. The number of nitrogen functional groups attached to an aromatic ring is 1. The van der Waals surface area contributed by atoms with Crippen molar-refractivity contribution < 1.29 is 37.6 Å². The van der Waals surface area contributed by atoms with Gasteiger partial charge in [0.2, 0.25) is 5.70 Å². The molecular formula is C18H17N3O2SY-2. The molecule has 2 aromatic rings. The van der Waals surface area contributed by atoms with Crippen LogP contribution >= 0.6 is 11.8 Å². The quantitative estimate of drug-likeness (QED) is 0.307. The summed E-state index contributed by atoms with van der Waals surface area (Å²) in [7, 11) is 0. The number of allylic oxidation sites excluding steroid dienone is 3. The summed E-state index contributed by atoms with van der Waals surface area (Å²) in [6, 6.07) is 16.4. The molecule has 0 aliphatic heterocycles. The van der Waals surface area contributed by atoms with E-state index in [0.717, 1.165) is 4.90 Å². The van der Waals surface area contributed by atoms with Crippen LogP contribution in [0.2, 0.25) is 0 Å². The summed E-state index contributed by atoms with van der Waals surface area (Å²) in [6.45, 7) is 0. The molecule has 2 aromatic carbocycles. The Kier molecular flexibility index (Phi) is 9.34. The summed E-state index contributed by atoms with van der Waals surface area (Å²) in [6.07, 6.45) is 5.71. The van der Waals surface area contributed by atoms with Gasteiger partial charge in [0.15, 0.2) is 0 Å². The fourth-order valence-corrected chi connectivity index (χ4v) is 2.91. The fourth-order valence-electron chi connectivity index (χ4n) is 1.92. The molecule has 127 valence electrons. The maximum atomic E-state index is 10.9. The third-order valence-electron chi connectivity index (χ3n) is 3.11. The van der Waals surface area contributed by atoms with Gasteiger partial charge in [-0.3, -0.25) is 10.1 Å². The van der Waals surface area contributed by atoms with Crippen LogP contribution in [-0.2, 0) is 32.7 Å². The van der Waals surface area contributed by atoms with Gasteiger partial charge in [-0.1, -0.05) is 42.5 Å². The molecule has 0 unspecified atom stereocenters. The fraction of sp³-hybridized carbons (Fsp3) is 0.0556. The number of rotatable bonds is 3. The first-order valence-electron chi connectivity index (χ1n) is 7.24. The van der Waals surface area contributed by atoms with Gasteiger partial charge in [-0.25, -0.2) is 12.5 Å². The Morgan fingerprint density at radius 3 is 2.32 bits per heavy atom. The van der Waals surface area contributed by atoms with Crippen LogP contribution in [0.1, 0.15) is 6.42 Å². The van der Waals surface area contributed by atoms with Gasteiger partial charge in [-0.15, -0.1) is 17.4 Å². The second-order valence-corrected chi connectivity index (χ2v) is 5.96. The molecular weight excluding hydrogens is 411 g/mol. The molecule has 0 amide bonds. The minimum absolute atomic E-state index is 0. The number of benzene rings is 2. The second-order valence-electron chi connectivity index (χ2n) is 4.87. The van der Waals surface area contributed by atoms with Crippen LogP contribution in [-0.4, -0.2) is 4.92 Å². The number of hydrogen-bond acceptors (Lipinski definition) is 4. The number of nitrogens with zero attached hydrogens (tertiary/aromatic N) is 1. The summed E-state index contributed by atoms with van der Waals surface area (Å²) in [4.78, 5) is 12.0. The van der Waals surface area contributed by atoms with Crippen molar-refractivity contribution >= 4 is 23.1 Å². The summed E-state index contributed by atoms with van der Waals surface area (Å²) in [5, 5.41) is 10.9. The molecule has 0 saturated carbocycles. The van der Waals surface area contributed by atoms with Gasteiger partial charge in [0, 0.05) is 48.2 Å². The maximum Gasteiger partial charge on any atom is 0.229 e. The first-order valence-corrected chi connectivity index (χ1v) is 8.06. The molecule has 0 fully saturated rings. The van der Waals surface area contributed by atoms with E-state index >= 15 is 0 Å². The Morgan fingerprint density at radius 2 is 1.76 bits per heavy atom. The molecule has 0 bridgehead atoms. The first-order chi connectivity index (χ1) is 11.6. The van der Waals surface area contributed by atoms with Gasteiger partial charge in [-0.2, -0.15) is 6.08 Å². The average molecular weight is 428 g/mol. The van der Waals surface area contributed by atoms with Gasteiger partial charge >= 0.3 is 0 Å². The predicted molar refractivity (Wildman–Crippen MR) is 99.2 cm³/mol. The van der Waals surface area contributed by atoms with Gasteiger partial charge in [-0.05, 0) is 18.6 Å². The Morgan fingerprint density at radius 1 is 1.12 bits per heavy atom. The van der Waals surface area contributed by atoms with Crippen LogP contribution in [0.25, 0.3) is 5.73 Å². The molecule has 0 aromatic heterocycles. The van der Waals surface area contributed by atoms with E-state index in [1.807, 2.05) is 42.5 Å². The molecule has 1 radical (unpaired) electrons. The molecule has 0 saturated heterocycles. The average Bonchev–Trinajstić information content (AvgIpc) is 2.58. The van der Waals surface area contributed by atoms with E-state index in [2.05, 4.69) is 0 Å². The zero-order valence-electron chi connectivity index (χ0n) is 13.5. The Balaban J connectivity index is 0.000000330.